The number of hydrogen-bond donors (Lipinski definition) is 2. The first-order valence-corrected chi connectivity index (χ1v) is 6.66. The van der Waals surface area contributed by atoms with Gasteiger partial charge in [-0.25, -0.2) is 4.99 Å². The second kappa shape index (κ2) is 9.61. The maximum atomic E-state index is 5.78. The van der Waals surface area contributed by atoms with E-state index in [2.05, 4.69) is 40.1 Å². The van der Waals surface area contributed by atoms with Crippen molar-refractivity contribution in [1.82, 2.24) is 5.32 Å². The third-order valence-corrected chi connectivity index (χ3v) is 3.18. The molecule has 0 aromatic heterocycles. The highest BCUT2D eigenvalue weighted by Gasteiger charge is 1.98. The number of halogens is 2. The van der Waals surface area contributed by atoms with Crippen molar-refractivity contribution in [3.05, 3.63) is 34.3 Å². The molecule has 0 fully saturated rings. The van der Waals surface area contributed by atoms with Gasteiger partial charge in [-0.3, -0.25) is 0 Å². The van der Waals surface area contributed by atoms with Crippen LogP contribution in [0.1, 0.15) is 25.8 Å². The lowest BCUT2D eigenvalue weighted by atomic mass is 10.1. The maximum absolute atomic E-state index is 5.78. The summed E-state index contributed by atoms with van der Waals surface area (Å²) in [7, 11) is 0. The Morgan fingerprint density at radius 3 is 2.67 bits per heavy atom. The molecule has 3 N–H and O–H groups in total. The summed E-state index contributed by atoms with van der Waals surface area (Å²) in [5, 5.41) is 3.12. The van der Waals surface area contributed by atoms with Gasteiger partial charge in [0.1, 0.15) is 0 Å². The van der Waals surface area contributed by atoms with Gasteiger partial charge in [0.2, 0.25) is 0 Å². The Morgan fingerprint density at radius 1 is 1.39 bits per heavy atom. The molecule has 1 aromatic rings. The standard InChI is InChI=1S/C13H20BrN3.HI/c1-10(2)7-8-16-13(15)17-9-11-5-3-4-6-12(11)14;/h3-6,10H,7-9H2,1-2H3,(H3,15,16,17);1H. The predicted octanol–water partition coefficient (Wildman–Crippen LogP) is 3.52. The van der Waals surface area contributed by atoms with E-state index in [0.29, 0.717) is 18.4 Å². The van der Waals surface area contributed by atoms with Crippen molar-refractivity contribution in [3.63, 3.8) is 0 Å². The van der Waals surface area contributed by atoms with Gasteiger partial charge in [-0.1, -0.05) is 48.0 Å². The first-order chi connectivity index (χ1) is 8.09. The van der Waals surface area contributed by atoms with Crippen molar-refractivity contribution in [2.24, 2.45) is 16.6 Å². The van der Waals surface area contributed by atoms with E-state index in [-0.39, 0.29) is 24.0 Å². The molecule has 0 amide bonds. The van der Waals surface area contributed by atoms with E-state index in [4.69, 9.17) is 5.73 Å². The smallest absolute Gasteiger partial charge is 0.188 e. The molecule has 0 aliphatic rings. The number of hydrogen-bond acceptors (Lipinski definition) is 1. The molecular weight excluding hydrogens is 405 g/mol. The number of guanidine groups is 1. The second-order valence-electron chi connectivity index (χ2n) is 4.40. The fourth-order valence-corrected chi connectivity index (χ4v) is 1.75. The van der Waals surface area contributed by atoms with Crippen LogP contribution in [0.25, 0.3) is 0 Å². The quantitative estimate of drug-likeness (QED) is 0.430. The van der Waals surface area contributed by atoms with Crippen LogP contribution in [0.4, 0.5) is 0 Å². The summed E-state index contributed by atoms with van der Waals surface area (Å²) >= 11 is 3.49. The van der Waals surface area contributed by atoms with E-state index in [1.54, 1.807) is 0 Å². The first kappa shape index (κ1) is 17.7. The molecule has 0 atom stereocenters. The van der Waals surface area contributed by atoms with Crippen molar-refractivity contribution >= 4 is 45.9 Å². The molecule has 0 aliphatic carbocycles. The van der Waals surface area contributed by atoms with E-state index in [1.807, 2.05) is 24.3 Å². The summed E-state index contributed by atoms with van der Waals surface area (Å²) in [6.45, 7) is 5.86. The van der Waals surface area contributed by atoms with E-state index in [0.717, 1.165) is 23.0 Å². The van der Waals surface area contributed by atoms with Crippen molar-refractivity contribution in [2.75, 3.05) is 6.54 Å². The molecule has 0 radical (unpaired) electrons. The van der Waals surface area contributed by atoms with Crippen molar-refractivity contribution < 1.29 is 0 Å². The SMILES string of the molecule is CC(C)CCNC(N)=NCc1ccccc1Br.I. The monoisotopic (exact) mass is 425 g/mol. The lowest BCUT2D eigenvalue weighted by Crippen LogP contribution is -2.32. The molecule has 0 saturated carbocycles. The molecule has 3 nitrogen and oxygen atoms in total. The number of nitrogens with two attached hydrogens (primary N) is 1. The number of rotatable bonds is 5. The van der Waals surface area contributed by atoms with Gasteiger partial charge >= 0.3 is 0 Å². The average Bonchev–Trinajstić information content (AvgIpc) is 2.27. The van der Waals surface area contributed by atoms with Gasteiger partial charge < -0.3 is 11.1 Å². The van der Waals surface area contributed by atoms with Crippen LogP contribution >= 0.6 is 39.9 Å². The van der Waals surface area contributed by atoms with E-state index >= 15 is 0 Å². The predicted molar refractivity (Wildman–Crippen MR) is 92.3 cm³/mol. The highest BCUT2D eigenvalue weighted by molar-refractivity contribution is 14.0. The number of nitrogens with zero attached hydrogens (tertiary/aromatic N) is 1. The Labute approximate surface area is 135 Å². The zero-order valence-corrected chi connectivity index (χ0v) is 14.7. The third kappa shape index (κ3) is 7.20. The Bertz CT molecular complexity index is 380. The van der Waals surface area contributed by atoms with E-state index in [9.17, 15) is 0 Å². The molecule has 0 spiro atoms. The van der Waals surface area contributed by atoms with Crippen molar-refractivity contribution in [2.45, 2.75) is 26.8 Å². The maximum Gasteiger partial charge on any atom is 0.188 e. The first-order valence-electron chi connectivity index (χ1n) is 5.86. The minimum absolute atomic E-state index is 0. The molecule has 0 aliphatic heterocycles. The summed E-state index contributed by atoms with van der Waals surface area (Å²) < 4.78 is 1.07. The van der Waals surface area contributed by atoms with Gasteiger partial charge in [0, 0.05) is 11.0 Å². The van der Waals surface area contributed by atoms with E-state index in [1.165, 1.54) is 0 Å². The van der Waals surface area contributed by atoms with Crippen LogP contribution in [0.2, 0.25) is 0 Å². The molecule has 1 rings (SSSR count). The summed E-state index contributed by atoms with van der Waals surface area (Å²) in [5.74, 6) is 1.19. The van der Waals surface area contributed by atoms with Crippen LogP contribution in [0.15, 0.2) is 33.7 Å². The Morgan fingerprint density at radius 2 is 2.06 bits per heavy atom. The van der Waals surface area contributed by atoms with Crippen molar-refractivity contribution in [3.8, 4) is 0 Å². The molecule has 0 saturated heterocycles. The van der Waals surface area contributed by atoms with Crippen LogP contribution in [-0.2, 0) is 6.54 Å². The lowest BCUT2D eigenvalue weighted by Gasteiger charge is -2.07. The van der Waals surface area contributed by atoms with E-state index < -0.39 is 0 Å². The zero-order valence-electron chi connectivity index (χ0n) is 10.8. The molecule has 1 aromatic carbocycles. The highest BCUT2D eigenvalue weighted by atomic mass is 127. The normalized spacial score (nSPS) is 11.2. The molecule has 102 valence electrons. The van der Waals surface area contributed by atoms with Gasteiger partial charge in [-0.15, -0.1) is 24.0 Å². The molecule has 0 heterocycles. The number of nitrogens with one attached hydrogen (secondary N) is 1. The number of benzene rings is 1. The third-order valence-electron chi connectivity index (χ3n) is 2.41. The minimum atomic E-state index is 0. The molecule has 5 heteroatoms. The van der Waals surface area contributed by atoms with Crippen LogP contribution in [0.5, 0.6) is 0 Å². The Hall–Kier alpha value is -0.300. The average molecular weight is 426 g/mol. The van der Waals surface area contributed by atoms with Crippen LogP contribution in [0, 0.1) is 5.92 Å². The molecule has 0 unspecified atom stereocenters. The second-order valence-corrected chi connectivity index (χ2v) is 5.26. The molecule has 18 heavy (non-hydrogen) atoms. The molecule has 0 bridgehead atoms. The minimum Gasteiger partial charge on any atom is -0.370 e. The summed E-state index contributed by atoms with van der Waals surface area (Å²) in [5.41, 5.74) is 6.92. The highest BCUT2D eigenvalue weighted by Crippen LogP contribution is 2.16. The summed E-state index contributed by atoms with van der Waals surface area (Å²) in [6, 6.07) is 8.03. The number of aliphatic imine (C=N–C) groups is 1. The van der Waals surface area contributed by atoms with Gasteiger partial charge in [0.25, 0.3) is 0 Å². The molecular formula is C13H21BrIN3. The van der Waals surface area contributed by atoms with Gasteiger partial charge in [-0.05, 0) is 24.0 Å². The summed E-state index contributed by atoms with van der Waals surface area (Å²) in [4.78, 5) is 4.31. The largest absolute Gasteiger partial charge is 0.370 e. The Balaban J connectivity index is 0.00000289. The fraction of sp³-hybridized carbons (Fsp3) is 0.462. The van der Waals surface area contributed by atoms with Crippen LogP contribution < -0.4 is 11.1 Å². The van der Waals surface area contributed by atoms with Crippen molar-refractivity contribution in [1.29, 1.82) is 0 Å². The van der Waals surface area contributed by atoms with Gasteiger partial charge in [-0.2, -0.15) is 0 Å². The fourth-order valence-electron chi connectivity index (χ4n) is 1.34. The van der Waals surface area contributed by atoms with Gasteiger partial charge in [0.05, 0.1) is 6.54 Å². The zero-order chi connectivity index (χ0) is 12.7. The lowest BCUT2D eigenvalue weighted by molar-refractivity contribution is 0.576. The topological polar surface area (TPSA) is 50.4 Å². The Kier molecular flexibility index (Phi) is 9.45. The van der Waals surface area contributed by atoms with Crippen LogP contribution in [-0.4, -0.2) is 12.5 Å². The summed E-state index contributed by atoms with van der Waals surface area (Å²) in [6.07, 6.45) is 1.10. The van der Waals surface area contributed by atoms with Gasteiger partial charge in [0.15, 0.2) is 5.96 Å². The van der Waals surface area contributed by atoms with Crippen LogP contribution in [0.3, 0.4) is 0 Å².